The Balaban J connectivity index is 0.00000225. The molecule has 0 aromatic heterocycles. The summed E-state index contributed by atoms with van der Waals surface area (Å²) in [6.45, 7) is 5.43. The largest absolute Gasteiger partial charge is 0.352 e. The van der Waals surface area contributed by atoms with Crippen molar-refractivity contribution < 1.29 is 9.59 Å². The number of benzene rings is 2. The average Bonchev–Trinajstić information content (AvgIpc) is 3.28. The summed E-state index contributed by atoms with van der Waals surface area (Å²) in [7, 11) is 0. The van der Waals surface area contributed by atoms with Gasteiger partial charge in [0.05, 0.1) is 5.92 Å². The maximum atomic E-state index is 12.5. The van der Waals surface area contributed by atoms with Gasteiger partial charge in [0.2, 0.25) is 11.8 Å². The predicted octanol–water partition coefficient (Wildman–Crippen LogP) is 2.68. The van der Waals surface area contributed by atoms with Gasteiger partial charge in [-0.2, -0.15) is 0 Å². The van der Waals surface area contributed by atoms with Gasteiger partial charge in [0, 0.05) is 39.1 Å². The predicted molar refractivity (Wildman–Crippen MR) is 111 cm³/mol. The Hall–Kier alpha value is -2.37. The van der Waals surface area contributed by atoms with Crippen molar-refractivity contribution in [2.75, 3.05) is 6.54 Å². The number of rotatable bonds is 5. The smallest absolute Gasteiger partial charge is 0.225 e. The number of nitrogens with one attached hydrogen (secondary N) is 2. The summed E-state index contributed by atoms with van der Waals surface area (Å²) >= 11 is 0. The van der Waals surface area contributed by atoms with Crippen LogP contribution < -0.4 is 10.6 Å². The van der Waals surface area contributed by atoms with Crippen molar-refractivity contribution in [2.45, 2.75) is 39.5 Å². The number of fused-ring (bicyclic) bond motifs is 1. The van der Waals surface area contributed by atoms with Crippen molar-refractivity contribution in [1.29, 1.82) is 0 Å². The molecule has 1 unspecified atom stereocenters. The summed E-state index contributed by atoms with van der Waals surface area (Å²) < 4.78 is 0. The van der Waals surface area contributed by atoms with Crippen LogP contribution in [-0.4, -0.2) is 23.3 Å². The molecule has 2 aromatic rings. The minimum Gasteiger partial charge on any atom is -0.352 e. The molecule has 2 aliphatic heterocycles. The molecule has 0 bridgehead atoms. The van der Waals surface area contributed by atoms with Crippen molar-refractivity contribution in [2.24, 2.45) is 5.92 Å². The van der Waals surface area contributed by atoms with Gasteiger partial charge in [0.25, 0.3) is 0 Å². The summed E-state index contributed by atoms with van der Waals surface area (Å²) in [5, 5.41) is 6.33. The molecule has 5 nitrogen and oxygen atoms in total. The van der Waals surface area contributed by atoms with E-state index >= 15 is 0 Å². The second-order valence-corrected chi connectivity index (χ2v) is 7.59. The van der Waals surface area contributed by atoms with Gasteiger partial charge in [0.1, 0.15) is 0 Å². The Labute approximate surface area is 171 Å². The van der Waals surface area contributed by atoms with Crippen LogP contribution in [0.2, 0.25) is 0 Å². The van der Waals surface area contributed by atoms with Crippen LogP contribution in [0.25, 0.3) is 0 Å². The molecule has 1 atom stereocenters. The number of amides is 2. The van der Waals surface area contributed by atoms with Gasteiger partial charge in [-0.3, -0.25) is 9.59 Å². The Morgan fingerprint density at radius 1 is 1.11 bits per heavy atom. The fourth-order valence-electron chi connectivity index (χ4n) is 3.81. The van der Waals surface area contributed by atoms with E-state index in [0.717, 1.165) is 24.2 Å². The van der Waals surface area contributed by atoms with Crippen molar-refractivity contribution in [1.82, 2.24) is 15.5 Å². The first-order chi connectivity index (χ1) is 13.1. The van der Waals surface area contributed by atoms with Crippen LogP contribution in [0.3, 0.4) is 0 Å². The van der Waals surface area contributed by atoms with E-state index in [1.54, 1.807) is 4.90 Å². The molecule has 4 rings (SSSR count). The van der Waals surface area contributed by atoms with Crippen LogP contribution in [0, 0.1) is 12.8 Å². The maximum Gasteiger partial charge on any atom is 0.225 e. The first-order valence-corrected chi connectivity index (χ1v) is 9.51. The lowest BCUT2D eigenvalue weighted by Gasteiger charge is -2.17. The number of likely N-dealkylation sites (tertiary alicyclic amines) is 1. The van der Waals surface area contributed by atoms with Crippen LogP contribution in [-0.2, 0) is 35.8 Å². The number of hydrogen-bond donors (Lipinski definition) is 2. The number of hydrogen-bond acceptors (Lipinski definition) is 3. The van der Waals surface area contributed by atoms with Crippen LogP contribution in [0.1, 0.15) is 34.2 Å². The Bertz CT molecular complexity index is 867. The third kappa shape index (κ3) is 4.54. The molecule has 0 saturated carbocycles. The maximum absolute atomic E-state index is 12.5. The fourth-order valence-corrected chi connectivity index (χ4v) is 3.81. The van der Waals surface area contributed by atoms with E-state index in [4.69, 9.17) is 0 Å². The minimum atomic E-state index is -0.265. The normalized spacial score (nSPS) is 18.0. The molecule has 28 heavy (non-hydrogen) atoms. The monoisotopic (exact) mass is 399 g/mol. The SMILES string of the molecule is Cc1ccc(CN2CC(C(=O)NCc3ccc4c(c3)CNC4)CC2=O)cc1.Cl. The molecule has 6 heteroatoms. The summed E-state index contributed by atoms with van der Waals surface area (Å²) in [5.41, 5.74) is 6.04. The lowest BCUT2D eigenvalue weighted by molar-refractivity contribution is -0.129. The van der Waals surface area contributed by atoms with Gasteiger partial charge < -0.3 is 15.5 Å². The lowest BCUT2D eigenvalue weighted by atomic mass is 10.1. The van der Waals surface area contributed by atoms with Crippen LogP contribution in [0.15, 0.2) is 42.5 Å². The number of aryl methyl sites for hydroxylation is 1. The molecule has 2 amide bonds. The Kier molecular flexibility index (Phi) is 6.37. The van der Waals surface area contributed by atoms with Gasteiger partial charge in [-0.05, 0) is 29.2 Å². The van der Waals surface area contributed by atoms with Gasteiger partial charge in [0.15, 0.2) is 0 Å². The van der Waals surface area contributed by atoms with E-state index in [0.29, 0.717) is 26.1 Å². The van der Waals surface area contributed by atoms with Crippen LogP contribution in [0.4, 0.5) is 0 Å². The number of halogens is 1. The fraction of sp³-hybridized carbons (Fsp3) is 0.364. The molecule has 1 fully saturated rings. The average molecular weight is 400 g/mol. The highest BCUT2D eigenvalue weighted by atomic mass is 35.5. The molecule has 0 spiro atoms. The zero-order chi connectivity index (χ0) is 18.8. The van der Waals surface area contributed by atoms with E-state index in [1.807, 2.05) is 31.2 Å². The van der Waals surface area contributed by atoms with Gasteiger partial charge in [-0.25, -0.2) is 0 Å². The third-order valence-corrected chi connectivity index (χ3v) is 5.45. The lowest BCUT2D eigenvalue weighted by Crippen LogP contribution is -2.32. The zero-order valence-corrected chi connectivity index (χ0v) is 16.8. The van der Waals surface area contributed by atoms with Crippen LogP contribution in [0.5, 0.6) is 0 Å². The highest BCUT2D eigenvalue weighted by molar-refractivity contribution is 5.89. The summed E-state index contributed by atoms with van der Waals surface area (Å²) in [6, 6.07) is 14.5. The van der Waals surface area contributed by atoms with E-state index in [-0.39, 0.29) is 30.1 Å². The standard InChI is InChI=1S/C22H25N3O2.ClH/c1-15-2-4-16(5-3-15)13-25-14-20(9-21(25)26)22(27)24-10-17-6-7-18-11-23-12-19(18)8-17;/h2-8,20,23H,9-14H2,1H3,(H,24,27);1H. The number of carbonyl (C=O) groups excluding carboxylic acids is 2. The summed E-state index contributed by atoms with van der Waals surface area (Å²) in [6.07, 6.45) is 0.297. The quantitative estimate of drug-likeness (QED) is 0.812. The van der Waals surface area contributed by atoms with Crippen LogP contribution >= 0.6 is 12.4 Å². The van der Waals surface area contributed by atoms with Gasteiger partial charge in [-0.15, -0.1) is 12.4 Å². The third-order valence-electron chi connectivity index (χ3n) is 5.45. The summed E-state index contributed by atoms with van der Waals surface area (Å²) in [5.74, 6) is -0.244. The topological polar surface area (TPSA) is 61.4 Å². The number of carbonyl (C=O) groups is 2. The van der Waals surface area contributed by atoms with E-state index in [1.165, 1.54) is 16.7 Å². The highest BCUT2D eigenvalue weighted by Gasteiger charge is 2.34. The van der Waals surface area contributed by atoms with Crippen molar-refractivity contribution in [3.8, 4) is 0 Å². The molecule has 0 radical (unpaired) electrons. The second-order valence-electron chi connectivity index (χ2n) is 7.59. The molecule has 2 heterocycles. The van der Waals surface area contributed by atoms with Crippen molar-refractivity contribution in [3.63, 3.8) is 0 Å². The van der Waals surface area contributed by atoms with Gasteiger partial charge >= 0.3 is 0 Å². The van der Waals surface area contributed by atoms with Crippen molar-refractivity contribution >= 4 is 24.2 Å². The van der Waals surface area contributed by atoms with Crippen molar-refractivity contribution in [3.05, 3.63) is 70.3 Å². The number of nitrogens with zero attached hydrogens (tertiary/aromatic N) is 1. The Morgan fingerprint density at radius 3 is 2.61 bits per heavy atom. The summed E-state index contributed by atoms with van der Waals surface area (Å²) in [4.78, 5) is 26.6. The van der Waals surface area contributed by atoms with E-state index in [2.05, 4.69) is 28.8 Å². The second kappa shape index (κ2) is 8.76. The van der Waals surface area contributed by atoms with Gasteiger partial charge in [-0.1, -0.05) is 48.0 Å². The molecule has 1 saturated heterocycles. The molecule has 2 N–H and O–H groups in total. The molecular formula is C22H26ClN3O2. The zero-order valence-electron chi connectivity index (χ0n) is 16.0. The first kappa shape index (κ1) is 20.4. The molecule has 2 aliphatic rings. The molecule has 0 aliphatic carbocycles. The molecular weight excluding hydrogens is 374 g/mol. The van der Waals surface area contributed by atoms with E-state index in [9.17, 15) is 9.59 Å². The molecule has 2 aromatic carbocycles. The first-order valence-electron chi connectivity index (χ1n) is 9.51. The molecule has 148 valence electrons. The highest BCUT2D eigenvalue weighted by Crippen LogP contribution is 2.21. The minimum absolute atomic E-state index is 0. The Morgan fingerprint density at radius 2 is 1.82 bits per heavy atom. The van der Waals surface area contributed by atoms with E-state index < -0.39 is 0 Å².